The molecule has 3 N–H and O–H groups in total. The van der Waals surface area contributed by atoms with Crippen LogP contribution in [0.15, 0.2) is 95.7 Å². The Hall–Kier alpha value is -4.92. The first kappa shape index (κ1) is 43.7. The lowest BCUT2D eigenvalue weighted by atomic mass is 9.72. The molecule has 1 saturated heterocycles. The van der Waals surface area contributed by atoms with Crippen molar-refractivity contribution < 1.29 is 32.8 Å². The molecule has 5 aromatic rings. The Balaban J connectivity index is 0.975. The van der Waals surface area contributed by atoms with Crippen LogP contribution in [0, 0.1) is 24.2 Å². The lowest BCUT2D eigenvalue weighted by Gasteiger charge is -2.39. The Labute approximate surface area is 369 Å². The molecule has 0 bridgehead atoms. The minimum atomic E-state index is -4.31. The van der Waals surface area contributed by atoms with Crippen LogP contribution >= 0.6 is 11.6 Å². The topological polar surface area (TPSA) is 146 Å². The highest BCUT2D eigenvalue weighted by Crippen LogP contribution is 2.44. The summed E-state index contributed by atoms with van der Waals surface area (Å²) >= 11 is 6.25. The third kappa shape index (κ3) is 9.97. The molecule has 62 heavy (non-hydrogen) atoms. The van der Waals surface area contributed by atoms with E-state index in [9.17, 15) is 18.3 Å². The summed E-state index contributed by atoms with van der Waals surface area (Å²) < 4.78 is 36.0. The fourth-order valence-electron chi connectivity index (χ4n) is 9.00. The molecule has 1 amide bonds. The van der Waals surface area contributed by atoms with Gasteiger partial charge in [0.05, 0.1) is 22.8 Å². The number of aliphatic hydroxyl groups excluding tert-OH is 1. The number of benzene rings is 3. The summed E-state index contributed by atoms with van der Waals surface area (Å²) in [6, 6.07) is 21.5. The molecule has 3 heterocycles. The van der Waals surface area contributed by atoms with Crippen LogP contribution in [0.3, 0.4) is 0 Å². The number of aliphatic hydroxyl groups is 1. The molecule has 1 saturated carbocycles. The second-order valence-corrected chi connectivity index (χ2v) is 20.2. The maximum atomic E-state index is 13.9. The number of amides is 1. The van der Waals surface area contributed by atoms with E-state index < -0.39 is 22.0 Å². The van der Waals surface area contributed by atoms with Gasteiger partial charge in [0.25, 0.3) is 15.9 Å². The first-order valence-corrected chi connectivity index (χ1v) is 23.4. The van der Waals surface area contributed by atoms with Gasteiger partial charge < -0.3 is 24.6 Å². The molecule has 0 unspecified atom stereocenters. The van der Waals surface area contributed by atoms with Crippen LogP contribution in [-0.4, -0.2) is 79.2 Å². The molecule has 2 aromatic heterocycles. The van der Waals surface area contributed by atoms with Crippen molar-refractivity contribution in [1.29, 1.82) is 0 Å². The molecule has 4 atom stereocenters. The van der Waals surface area contributed by atoms with Crippen LogP contribution < -0.4 is 19.2 Å². The fraction of sp³-hybridized carbons (Fsp3) is 0.417. The lowest BCUT2D eigenvalue weighted by Crippen LogP contribution is -2.47. The van der Waals surface area contributed by atoms with Gasteiger partial charge in [-0.2, -0.15) is 4.89 Å². The van der Waals surface area contributed by atoms with Crippen LogP contribution in [0.1, 0.15) is 81.3 Å². The summed E-state index contributed by atoms with van der Waals surface area (Å²) in [4.78, 5) is 37.6. The smallest absolute Gasteiger partial charge is 0.268 e. The Morgan fingerprint density at radius 2 is 1.79 bits per heavy atom. The number of nitrogens with zero attached hydrogens (tertiary/aromatic N) is 3. The second kappa shape index (κ2) is 18.1. The zero-order valence-corrected chi connectivity index (χ0v) is 37.6. The van der Waals surface area contributed by atoms with Crippen molar-refractivity contribution in [3.05, 3.63) is 112 Å². The number of aromatic nitrogens is 2. The summed E-state index contributed by atoms with van der Waals surface area (Å²) in [5.74, 6) is 0.457. The Kier molecular flexibility index (Phi) is 12.7. The number of carbonyl (C=O) groups excluding carboxylic acids is 1. The first-order chi connectivity index (χ1) is 29.6. The predicted molar refractivity (Wildman–Crippen MR) is 242 cm³/mol. The van der Waals surface area contributed by atoms with Crippen molar-refractivity contribution in [1.82, 2.24) is 19.6 Å². The number of fused-ring (bicyclic) bond motifs is 1. The Morgan fingerprint density at radius 3 is 2.52 bits per heavy atom. The second-order valence-electron chi connectivity index (χ2n) is 18.1. The number of aromatic amines is 1. The van der Waals surface area contributed by atoms with E-state index in [-0.39, 0.29) is 39.6 Å². The van der Waals surface area contributed by atoms with Gasteiger partial charge in [-0.15, -0.1) is 0 Å². The standard InChI is InChI=1S/C48H56ClN5O7S/c1-30-22-36(32(3)55)25-44(30)61-60-43-13-11-40(23-31(43)2)62(57,58)52-47(56)41-12-10-38(26-45(41)59-39-24-34-15-17-50-46(34)51-28-39)54-20-18-53(19-21-54)29-35-14-16-48(4,5)27-42(35)33-6-8-37(49)9-7-33/h6-13,15,17,23-24,26,28,30,32,36,44,55H,14,16,18-22,25,27,29H2,1-5H3,(H,50,51)(H,52,56)/t30-,32-,36+,44+/m1/s1. The summed E-state index contributed by atoms with van der Waals surface area (Å²) in [7, 11) is -4.31. The van der Waals surface area contributed by atoms with Gasteiger partial charge in [-0.25, -0.2) is 18.1 Å². The van der Waals surface area contributed by atoms with Crippen LogP contribution in [0.5, 0.6) is 17.2 Å². The highest BCUT2D eigenvalue weighted by atomic mass is 35.5. The van der Waals surface area contributed by atoms with E-state index in [0.29, 0.717) is 29.1 Å². The Bertz CT molecular complexity index is 2570. The summed E-state index contributed by atoms with van der Waals surface area (Å²) in [5.41, 5.74) is 6.52. The Morgan fingerprint density at radius 1 is 1.02 bits per heavy atom. The average molecular weight is 883 g/mol. The molecule has 0 spiro atoms. The van der Waals surface area contributed by atoms with Gasteiger partial charge in [0, 0.05) is 61.1 Å². The molecule has 2 fully saturated rings. The zero-order valence-electron chi connectivity index (χ0n) is 36.0. The SMILES string of the molecule is Cc1cc(S(=O)(=O)NC(=O)c2ccc(N3CCN(CC4=C(c5ccc(Cl)cc5)CC(C)(C)CC4)CC3)cc2Oc2cnc3[nH]ccc3c2)ccc1OO[C@H]1C[C@@H]([C@@H](C)O)C[C@H]1C. The van der Waals surface area contributed by atoms with Crippen LogP contribution in [0.2, 0.25) is 5.02 Å². The molecule has 1 aliphatic heterocycles. The van der Waals surface area contributed by atoms with Crippen LogP contribution in [0.4, 0.5) is 5.69 Å². The third-order valence-corrected chi connectivity index (χ3v) is 14.4. The van der Waals surface area contributed by atoms with Gasteiger partial charge in [0.2, 0.25) is 0 Å². The van der Waals surface area contributed by atoms with Gasteiger partial charge in [0.15, 0.2) is 5.75 Å². The van der Waals surface area contributed by atoms with Crippen molar-refractivity contribution in [2.24, 2.45) is 17.3 Å². The minimum absolute atomic E-state index is 0.0540. The number of rotatable bonds is 13. The number of hydrogen-bond donors (Lipinski definition) is 3. The normalized spacial score (nSPS) is 21.3. The number of nitrogens with one attached hydrogen (secondary N) is 2. The number of piperazine rings is 1. The van der Waals surface area contributed by atoms with Crippen molar-refractivity contribution >= 4 is 49.8 Å². The molecular weight excluding hydrogens is 826 g/mol. The third-order valence-electron chi connectivity index (χ3n) is 12.8. The minimum Gasteiger partial charge on any atom is -0.455 e. The fourth-order valence-corrected chi connectivity index (χ4v) is 10.2. The van der Waals surface area contributed by atoms with Crippen molar-refractivity contribution in [3.63, 3.8) is 0 Å². The van der Waals surface area contributed by atoms with Gasteiger partial charge in [-0.3, -0.25) is 9.69 Å². The van der Waals surface area contributed by atoms with E-state index in [0.717, 1.165) is 74.5 Å². The molecule has 2 aliphatic carbocycles. The molecule has 328 valence electrons. The summed E-state index contributed by atoms with van der Waals surface area (Å²) in [6.07, 6.45) is 7.47. The van der Waals surface area contributed by atoms with Gasteiger partial charge in [-0.05, 0) is 134 Å². The zero-order chi connectivity index (χ0) is 43.8. The molecule has 0 radical (unpaired) electrons. The molecule has 14 heteroatoms. The quantitative estimate of drug-likeness (QED) is 0.0773. The lowest BCUT2D eigenvalue weighted by molar-refractivity contribution is -0.252. The van der Waals surface area contributed by atoms with Crippen LogP contribution in [0.25, 0.3) is 16.6 Å². The number of halogens is 1. The first-order valence-electron chi connectivity index (χ1n) is 21.5. The van der Waals surface area contributed by atoms with Gasteiger partial charge in [-0.1, -0.05) is 50.1 Å². The van der Waals surface area contributed by atoms with E-state index in [1.165, 1.54) is 34.9 Å². The van der Waals surface area contributed by atoms with E-state index >= 15 is 0 Å². The number of H-pyrrole nitrogens is 1. The number of pyridine rings is 1. The van der Waals surface area contributed by atoms with Crippen molar-refractivity contribution in [2.45, 2.75) is 83.8 Å². The van der Waals surface area contributed by atoms with Gasteiger partial charge in [0.1, 0.15) is 23.3 Å². The summed E-state index contributed by atoms with van der Waals surface area (Å²) in [6.45, 7) is 14.4. The number of ether oxygens (including phenoxy) is 1. The van der Waals surface area contributed by atoms with Crippen molar-refractivity contribution in [3.8, 4) is 17.2 Å². The molecular formula is C48H56ClN5O7S. The average Bonchev–Trinajstić information content (AvgIpc) is 3.87. The molecule has 3 aliphatic rings. The van der Waals surface area contributed by atoms with Gasteiger partial charge >= 0.3 is 0 Å². The molecule has 8 rings (SSSR count). The number of sulfonamides is 1. The largest absolute Gasteiger partial charge is 0.455 e. The maximum absolute atomic E-state index is 13.9. The highest BCUT2D eigenvalue weighted by Gasteiger charge is 2.36. The number of aryl methyl sites for hydroxylation is 1. The molecule has 3 aromatic carbocycles. The van der Waals surface area contributed by atoms with E-state index in [1.54, 1.807) is 38.4 Å². The number of allylic oxidation sites excluding steroid dienone is 1. The maximum Gasteiger partial charge on any atom is 0.268 e. The predicted octanol–water partition coefficient (Wildman–Crippen LogP) is 9.33. The number of carbonyl (C=O) groups is 1. The number of hydrogen-bond acceptors (Lipinski definition) is 10. The van der Waals surface area contributed by atoms with E-state index in [1.807, 2.05) is 30.3 Å². The van der Waals surface area contributed by atoms with Crippen LogP contribution in [-0.2, 0) is 14.9 Å². The molecule has 12 nitrogen and oxygen atoms in total. The monoisotopic (exact) mass is 881 g/mol. The summed E-state index contributed by atoms with van der Waals surface area (Å²) in [5, 5.41) is 11.6. The van der Waals surface area contributed by atoms with E-state index in [2.05, 4.69) is 57.4 Å². The highest BCUT2D eigenvalue weighted by molar-refractivity contribution is 7.90. The van der Waals surface area contributed by atoms with E-state index in [4.69, 9.17) is 26.1 Å². The number of anilines is 1. The van der Waals surface area contributed by atoms with Crippen molar-refractivity contribution in [2.75, 3.05) is 37.6 Å².